The summed E-state index contributed by atoms with van der Waals surface area (Å²) in [5.41, 5.74) is 3.72. The average Bonchev–Trinajstić information content (AvgIpc) is 3.59. The summed E-state index contributed by atoms with van der Waals surface area (Å²) in [5, 5.41) is 0. The van der Waals surface area contributed by atoms with Gasteiger partial charge in [-0.2, -0.15) is 0 Å². The Balaban J connectivity index is 1.66. The van der Waals surface area contributed by atoms with Crippen molar-refractivity contribution < 1.29 is 14.3 Å². The van der Waals surface area contributed by atoms with Crippen LogP contribution in [0.2, 0.25) is 0 Å². The number of hydrogen-bond acceptors (Lipinski definition) is 3. The molecular weight excluding hydrogens is 364 g/mol. The SMILES string of the molecule is Cc1cccc([C@H]2[C@@H](C(=O)N3CCOCC3)c3ccccc3C(=O)N2C2CC2)c1. The summed E-state index contributed by atoms with van der Waals surface area (Å²) in [7, 11) is 0. The minimum Gasteiger partial charge on any atom is -0.378 e. The summed E-state index contributed by atoms with van der Waals surface area (Å²) in [6.07, 6.45) is 2.02. The Kier molecular flexibility index (Phi) is 4.63. The molecule has 2 atom stereocenters. The summed E-state index contributed by atoms with van der Waals surface area (Å²) < 4.78 is 5.46. The lowest BCUT2D eigenvalue weighted by Crippen LogP contribution is -2.51. The standard InChI is InChI=1S/C24H26N2O3/c1-16-5-4-6-17(15-16)22-21(24(28)25-11-13-29-14-12-25)19-7-2-3-8-20(19)23(27)26(22)18-9-10-18/h2-8,15,18,21-22H,9-14H2,1H3/t21-,22-/m0/s1. The highest BCUT2D eigenvalue weighted by Crippen LogP contribution is 2.48. The van der Waals surface area contributed by atoms with Crippen LogP contribution in [0.1, 0.15) is 51.8 Å². The zero-order chi connectivity index (χ0) is 20.0. The molecule has 0 bridgehead atoms. The zero-order valence-corrected chi connectivity index (χ0v) is 16.7. The maximum Gasteiger partial charge on any atom is 0.254 e. The van der Waals surface area contributed by atoms with Crippen molar-refractivity contribution in [2.24, 2.45) is 0 Å². The lowest BCUT2D eigenvalue weighted by atomic mass is 9.78. The summed E-state index contributed by atoms with van der Waals surface area (Å²) >= 11 is 0. The summed E-state index contributed by atoms with van der Waals surface area (Å²) in [4.78, 5) is 31.2. The topological polar surface area (TPSA) is 49.9 Å². The van der Waals surface area contributed by atoms with E-state index in [9.17, 15) is 9.59 Å². The van der Waals surface area contributed by atoms with Gasteiger partial charge < -0.3 is 14.5 Å². The van der Waals surface area contributed by atoms with E-state index in [-0.39, 0.29) is 29.8 Å². The van der Waals surface area contributed by atoms with Crippen LogP contribution in [0.4, 0.5) is 0 Å². The summed E-state index contributed by atoms with van der Waals surface area (Å²) in [5.74, 6) is -0.226. The summed E-state index contributed by atoms with van der Waals surface area (Å²) in [6.45, 7) is 4.41. The molecule has 0 spiro atoms. The molecule has 5 nitrogen and oxygen atoms in total. The van der Waals surface area contributed by atoms with E-state index in [1.165, 1.54) is 0 Å². The predicted molar refractivity (Wildman–Crippen MR) is 110 cm³/mol. The van der Waals surface area contributed by atoms with Crippen LogP contribution < -0.4 is 0 Å². The largest absolute Gasteiger partial charge is 0.378 e. The first-order valence-electron chi connectivity index (χ1n) is 10.5. The Morgan fingerprint density at radius 3 is 2.52 bits per heavy atom. The molecule has 2 fully saturated rings. The van der Waals surface area contributed by atoms with E-state index in [1.807, 2.05) is 40.1 Å². The fourth-order valence-corrected chi connectivity index (χ4v) is 4.76. The molecule has 1 saturated carbocycles. The van der Waals surface area contributed by atoms with Crippen molar-refractivity contribution in [1.82, 2.24) is 9.80 Å². The third kappa shape index (κ3) is 3.23. The van der Waals surface area contributed by atoms with Crippen molar-refractivity contribution in [3.05, 3.63) is 70.8 Å². The third-order valence-electron chi connectivity index (χ3n) is 6.29. The Morgan fingerprint density at radius 2 is 1.79 bits per heavy atom. The van der Waals surface area contributed by atoms with Gasteiger partial charge in [-0.1, -0.05) is 48.0 Å². The number of morpholine rings is 1. The highest BCUT2D eigenvalue weighted by atomic mass is 16.5. The van der Waals surface area contributed by atoms with E-state index in [0.29, 0.717) is 31.9 Å². The van der Waals surface area contributed by atoms with Crippen LogP contribution in [0.25, 0.3) is 0 Å². The van der Waals surface area contributed by atoms with Gasteiger partial charge in [0, 0.05) is 24.7 Å². The molecule has 1 saturated heterocycles. The molecule has 2 aliphatic heterocycles. The molecule has 0 radical (unpaired) electrons. The van der Waals surface area contributed by atoms with Gasteiger partial charge in [0.2, 0.25) is 5.91 Å². The molecule has 29 heavy (non-hydrogen) atoms. The highest BCUT2D eigenvalue weighted by Gasteiger charge is 2.49. The van der Waals surface area contributed by atoms with Crippen LogP contribution >= 0.6 is 0 Å². The number of rotatable bonds is 3. The van der Waals surface area contributed by atoms with Crippen LogP contribution in [0.15, 0.2) is 48.5 Å². The van der Waals surface area contributed by atoms with Gasteiger partial charge in [0.05, 0.1) is 25.2 Å². The van der Waals surface area contributed by atoms with Crippen molar-refractivity contribution in [1.29, 1.82) is 0 Å². The molecule has 5 rings (SSSR count). The molecule has 3 aliphatic rings. The average molecular weight is 390 g/mol. The first-order valence-corrected chi connectivity index (χ1v) is 10.5. The van der Waals surface area contributed by atoms with Crippen molar-refractivity contribution in [3.63, 3.8) is 0 Å². The number of carbonyl (C=O) groups is 2. The number of benzene rings is 2. The lowest BCUT2D eigenvalue weighted by molar-refractivity contribution is -0.138. The van der Waals surface area contributed by atoms with Crippen LogP contribution in [0, 0.1) is 6.92 Å². The molecular formula is C24H26N2O3. The molecule has 2 aromatic rings. The van der Waals surface area contributed by atoms with Crippen molar-refractivity contribution in [2.45, 2.75) is 37.8 Å². The number of carbonyl (C=O) groups excluding carboxylic acids is 2. The summed E-state index contributed by atoms with van der Waals surface area (Å²) in [6, 6.07) is 15.9. The fourth-order valence-electron chi connectivity index (χ4n) is 4.76. The van der Waals surface area contributed by atoms with E-state index in [1.54, 1.807) is 0 Å². The van der Waals surface area contributed by atoms with Gasteiger partial charge in [-0.05, 0) is 37.0 Å². The molecule has 0 N–H and O–H groups in total. The maximum absolute atomic E-state index is 13.8. The zero-order valence-electron chi connectivity index (χ0n) is 16.7. The molecule has 5 heteroatoms. The molecule has 0 unspecified atom stereocenters. The number of nitrogens with zero attached hydrogens (tertiary/aromatic N) is 2. The number of amides is 2. The Bertz CT molecular complexity index is 947. The van der Waals surface area contributed by atoms with Gasteiger partial charge in [0.25, 0.3) is 5.91 Å². The quantitative estimate of drug-likeness (QED) is 0.808. The first-order chi connectivity index (χ1) is 14.1. The lowest BCUT2D eigenvalue weighted by Gasteiger charge is -2.44. The van der Waals surface area contributed by atoms with Gasteiger partial charge in [0.15, 0.2) is 0 Å². The van der Waals surface area contributed by atoms with Crippen LogP contribution in [0.5, 0.6) is 0 Å². The number of ether oxygens (including phenoxy) is 1. The van der Waals surface area contributed by atoms with Gasteiger partial charge in [0.1, 0.15) is 0 Å². The van der Waals surface area contributed by atoms with Gasteiger partial charge in [-0.15, -0.1) is 0 Å². The Hall–Kier alpha value is -2.66. The van der Waals surface area contributed by atoms with Gasteiger partial charge in [-0.25, -0.2) is 0 Å². The van der Waals surface area contributed by atoms with E-state index >= 15 is 0 Å². The third-order valence-corrected chi connectivity index (χ3v) is 6.29. The predicted octanol–water partition coefficient (Wildman–Crippen LogP) is 3.30. The second-order valence-electron chi connectivity index (χ2n) is 8.31. The molecule has 1 aliphatic carbocycles. The molecule has 150 valence electrons. The van der Waals surface area contributed by atoms with Crippen molar-refractivity contribution in [3.8, 4) is 0 Å². The Morgan fingerprint density at radius 1 is 1.03 bits per heavy atom. The number of aryl methyl sites for hydroxylation is 1. The van der Waals surface area contributed by atoms with Crippen LogP contribution in [0.3, 0.4) is 0 Å². The maximum atomic E-state index is 13.8. The number of hydrogen-bond donors (Lipinski definition) is 0. The molecule has 2 amide bonds. The first kappa shape index (κ1) is 18.4. The van der Waals surface area contributed by atoms with Crippen LogP contribution in [-0.2, 0) is 9.53 Å². The van der Waals surface area contributed by atoms with Gasteiger partial charge >= 0.3 is 0 Å². The van der Waals surface area contributed by atoms with E-state index < -0.39 is 0 Å². The number of fused-ring (bicyclic) bond motifs is 1. The monoisotopic (exact) mass is 390 g/mol. The second-order valence-corrected chi connectivity index (χ2v) is 8.31. The highest BCUT2D eigenvalue weighted by molar-refractivity contribution is 6.01. The van der Waals surface area contributed by atoms with E-state index in [4.69, 9.17) is 4.74 Å². The van der Waals surface area contributed by atoms with Crippen molar-refractivity contribution in [2.75, 3.05) is 26.3 Å². The van der Waals surface area contributed by atoms with E-state index in [2.05, 4.69) is 25.1 Å². The second kappa shape index (κ2) is 7.30. The van der Waals surface area contributed by atoms with Crippen molar-refractivity contribution >= 4 is 11.8 Å². The molecule has 2 heterocycles. The van der Waals surface area contributed by atoms with Gasteiger partial charge in [-0.3, -0.25) is 9.59 Å². The Labute approximate surface area is 171 Å². The fraction of sp³-hybridized carbons (Fsp3) is 0.417. The van der Waals surface area contributed by atoms with Crippen LogP contribution in [-0.4, -0.2) is 54.0 Å². The normalized spacial score (nSPS) is 24.4. The molecule has 2 aromatic carbocycles. The van der Waals surface area contributed by atoms with E-state index in [0.717, 1.165) is 29.5 Å². The minimum atomic E-state index is -0.385. The molecule has 0 aromatic heterocycles. The smallest absolute Gasteiger partial charge is 0.254 e. The minimum absolute atomic E-state index is 0.0561.